The average Bonchev–Trinajstić information content (AvgIpc) is 2.97. The van der Waals surface area contributed by atoms with Crippen molar-refractivity contribution in [3.8, 4) is 0 Å². The van der Waals surface area contributed by atoms with Crippen molar-refractivity contribution in [3.63, 3.8) is 0 Å². The first kappa shape index (κ1) is 13.6. The maximum absolute atomic E-state index is 9.67. The Balaban J connectivity index is 2.03. The van der Waals surface area contributed by atoms with Gasteiger partial charge in [-0.3, -0.25) is 0 Å². The highest BCUT2D eigenvalue weighted by Crippen LogP contribution is 2.29. The van der Waals surface area contributed by atoms with E-state index < -0.39 is 0 Å². The van der Waals surface area contributed by atoms with E-state index in [1.807, 2.05) is 55.5 Å². The van der Waals surface area contributed by atoms with Gasteiger partial charge in [0.15, 0.2) is 0 Å². The summed E-state index contributed by atoms with van der Waals surface area (Å²) in [5, 5.41) is 15.6. The third kappa shape index (κ3) is 2.09. The Labute approximate surface area is 133 Å². The maximum Gasteiger partial charge on any atom is 0.119 e. The number of hydrogen-bond acceptors (Lipinski definition) is 2. The number of nitrogens with one attached hydrogen (secondary N) is 1. The van der Waals surface area contributed by atoms with Crippen molar-refractivity contribution in [1.29, 1.82) is 0 Å². The highest BCUT2D eigenvalue weighted by atomic mass is 16.4. The predicted molar refractivity (Wildman–Crippen MR) is 94.4 cm³/mol. The highest BCUT2D eigenvalue weighted by Gasteiger charge is 2.15. The molecule has 0 fully saturated rings. The first-order chi connectivity index (χ1) is 11.3. The smallest absolute Gasteiger partial charge is 0.119 e. The summed E-state index contributed by atoms with van der Waals surface area (Å²) in [4.78, 5) is 3.46. The lowest BCUT2D eigenvalue weighted by atomic mass is 9.96. The Kier molecular flexibility index (Phi) is 3.12. The van der Waals surface area contributed by atoms with Gasteiger partial charge in [0.1, 0.15) is 5.71 Å². The molecule has 0 saturated heterocycles. The summed E-state index contributed by atoms with van der Waals surface area (Å²) in [7, 11) is 0. The second kappa shape index (κ2) is 5.29. The van der Waals surface area contributed by atoms with Gasteiger partial charge in [0.05, 0.1) is 5.52 Å². The Morgan fingerprint density at radius 3 is 2.35 bits per heavy atom. The highest BCUT2D eigenvalue weighted by molar-refractivity contribution is 6.22. The number of rotatable bonds is 2. The van der Waals surface area contributed by atoms with E-state index in [9.17, 15) is 5.21 Å². The lowest BCUT2D eigenvalue weighted by molar-refractivity contribution is 0.319. The first-order valence-corrected chi connectivity index (χ1v) is 7.57. The summed E-state index contributed by atoms with van der Waals surface area (Å²) in [6, 6.07) is 22.2. The van der Waals surface area contributed by atoms with Gasteiger partial charge in [-0.15, -0.1) is 0 Å². The van der Waals surface area contributed by atoms with E-state index in [1.54, 1.807) is 0 Å². The normalized spacial score (nSPS) is 12.1. The second-order valence-electron chi connectivity index (χ2n) is 5.66. The van der Waals surface area contributed by atoms with E-state index in [-0.39, 0.29) is 0 Å². The van der Waals surface area contributed by atoms with E-state index in [1.165, 1.54) is 5.39 Å². The molecule has 23 heavy (non-hydrogen) atoms. The summed E-state index contributed by atoms with van der Waals surface area (Å²) in [5.41, 5.74) is 5.56. The van der Waals surface area contributed by atoms with Crippen molar-refractivity contribution in [2.75, 3.05) is 0 Å². The fourth-order valence-electron chi connectivity index (χ4n) is 3.16. The Hall–Kier alpha value is -3.07. The van der Waals surface area contributed by atoms with Crippen LogP contribution in [-0.2, 0) is 0 Å². The number of aryl methyl sites for hydroxylation is 1. The van der Waals surface area contributed by atoms with Crippen molar-refractivity contribution < 1.29 is 5.21 Å². The Morgan fingerprint density at radius 1 is 0.826 bits per heavy atom. The van der Waals surface area contributed by atoms with Crippen LogP contribution in [0, 0.1) is 6.92 Å². The largest absolute Gasteiger partial charge is 0.410 e. The third-order valence-corrected chi connectivity index (χ3v) is 4.30. The zero-order valence-electron chi connectivity index (χ0n) is 12.7. The molecule has 1 heterocycles. The van der Waals surface area contributed by atoms with Gasteiger partial charge in [0.2, 0.25) is 0 Å². The number of benzene rings is 3. The molecule has 0 aliphatic carbocycles. The molecule has 0 aliphatic heterocycles. The SMILES string of the molecule is Cc1ccccc1C(=NO)c1cccc2c1[nH]c1ccccc12. The van der Waals surface area contributed by atoms with Gasteiger partial charge in [0, 0.05) is 27.4 Å². The lowest BCUT2D eigenvalue weighted by Gasteiger charge is -2.09. The van der Waals surface area contributed by atoms with Crippen LogP contribution in [0.4, 0.5) is 0 Å². The monoisotopic (exact) mass is 300 g/mol. The molecule has 4 rings (SSSR count). The predicted octanol–water partition coefficient (Wildman–Crippen LogP) is 4.86. The average molecular weight is 300 g/mol. The molecule has 0 atom stereocenters. The summed E-state index contributed by atoms with van der Waals surface area (Å²) in [5.74, 6) is 0. The fourth-order valence-corrected chi connectivity index (χ4v) is 3.16. The van der Waals surface area contributed by atoms with Gasteiger partial charge < -0.3 is 10.2 Å². The van der Waals surface area contributed by atoms with Gasteiger partial charge in [-0.05, 0) is 18.6 Å². The number of aromatic amines is 1. The molecule has 3 aromatic carbocycles. The molecule has 2 N–H and O–H groups in total. The minimum atomic E-state index is 0.584. The summed E-state index contributed by atoms with van der Waals surface area (Å²) in [6.07, 6.45) is 0. The maximum atomic E-state index is 9.67. The fraction of sp³-hybridized carbons (Fsp3) is 0.0500. The number of H-pyrrole nitrogens is 1. The molecule has 0 amide bonds. The van der Waals surface area contributed by atoms with Gasteiger partial charge in [-0.2, -0.15) is 0 Å². The van der Waals surface area contributed by atoms with Gasteiger partial charge in [0.25, 0.3) is 0 Å². The van der Waals surface area contributed by atoms with Crippen LogP contribution in [0.1, 0.15) is 16.7 Å². The first-order valence-electron chi connectivity index (χ1n) is 7.57. The van der Waals surface area contributed by atoms with E-state index >= 15 is 0 Å². The van der Waals surface area contributed by atoms with Crippen molar-refractivity contribution in [1.82, 2.24) is 4.98 Å². The topological polar surface area (TPSA) is 48.4 Å². The molecule has 0 unspecified atom stereocenters. The van der Waals surface area contributed by atoms with Crippen LogP contribution < -0.4 is 0 Å². The van der Waals surface area contributed by atoms with E-state index in [0.29, 0.717) is 5.71 Å². The van der Waals surface area contributed by atoms with Crippen LogP contribution in [-0.4, -0.2) is 15.9 Å². The van der Waals surface area contributed by atoms with Crippen LogP contribution >= 0.6 is 0 Å². The summed E-state index contributed by atoms with van der Waals surface area (Å²) >= 11 is 0. The zero-order chi connectivity index (χ0) is 15.8. The van der Waals surface area contributed by atoms with Gasteiger partial charge in [-0.1, -0.05) is 65.8 Å². The lowest BCUT2D eigenvalue weighted by Crippen LogP contribution is -2.06. The van der Waals surface area contributed by atoms with Crippen molar-refractivity contribution in [2.45, 2.75) is 6.92 Å². The Bertz CT molecular complexity index is 1040. The molecule has 0 bridgehead atoms. The molecule has 3 heteroatoms. The number of para-hydroxylation sites is 2. The molecule has 112 valence electrons. The Morgan fingerprint density at radius 2 is 1.52 bits per heavy atom. The third-order valence-electron chi connectivity index (χ3n) is 4.30. The number of oxime groups is 1. The number of aromatic nitrogens is 1. The molecule has 1 aromatic heterocycles. The minimum Gasteiger partial charge on any atom is -0.410 e. The number of nitrogens with zero attached hydrogens (tertiary/aromatic N) is 1. The standard InChI is InChI=1S/C20H16N2O/c1-13-7-2-3-8-14(13)20(22-23)17-11-6-10-16-15-9-4-5-12-18(15)21-19(16)17/h2-12,21,23H,1H3. The van der Waals surface area contributed by atoms with Crippen molar-refractivity contribution >= 4 is 27.5 Å². The van der Waals surface area contributed by atoms with Crippen molar-refractivity contribution in [3.05, 3.63) is 83.4 Å². The molecule has 0 radical (unpaired) electrons. The molecule has 0 aliphatic rings. The van der Waals surface area contributed by atoms with Crippen LogP contribution in [0.3, 0.4) is 0 Å². The second-order valence-corrected chi connectivity index (χ2v) is 5.66. The summed E-state index contributed by atoms with van der Waals surface area (Å²) < 4.78 is 0. The zero-order valence-corrected chi connectivity index (χ0v) is 12.7. The van der Waals surface area contributed by atoms with Gasteiger partial charge >= 0.3 is 0 Å². The molecule has 3 nitrogen and oxygen atoms in total. The molecule has 0 saturated carbocycles. The van der Waals surface area contributed by atoms with E-state index in [0.717, 1.165) is 33.1 Å². The molecular weight excluding hydrogens is 284 g/mol. The van der Waals surface area contributed by atoms with Crippen LogP contribution in [0.25, 0.3) is 21.8 Å². The minimum absolute atomic E-state index is 0.584. The number of fused-ring (bicyclic) bond motifs is 3. The molecule has 0 spiro atoms. The summed E-state index contributed by atoms with van der Waals surface area (Å²) in [6.45, 7) is 2.02. The van der Waals surface area contributed by atoms with Crippen LogP contribution in [0.5, 0.6) is 0 Å². The van der Waals surface area contributed by atoms with Crippen LogP contribution in [0.2, 0.25) is 0 Å². The van der Waals surface area contributed by atoms with E-state index in [4.69, 9.17) is 0 Å². The number of hydrogen-bond donors (Lipinski definition) is 2. The van der Waals surface area contributed by atoms with Crippen molar-refractivity contribution in [2.24, 2.45) is 5.16 Å². The van der Waals surface area contributed by atoms with Gasteiger partial charge in [-0.25, -0.2) is 0 Å². The molecule has 4 aromatic rings. The van der Waals surface area contributed by atoms with E-state index in [2.05, 4.69) is 28.3 Å². The molecular formula is C20H16N2O. The van der Waals surface area contributed by atoms with Crippen LogP contribution in [0.15, 0.2) is 71.9 Å². The quantitative estimate of drug-likeness (QED) is 0.310.